The van der Waals surface area contributed by atoms with Crippen LogP contribution in [-0.2, 0) is 10.0 Å². The lowest BCUT2D eigenvalue weighted by molar-refractivity contribution is 0.607. The molecule has 0 amide bonds. The van der Waals surface area contributed by atoms with E-state index in [1.807, 2.05) is 0 Å². The Balaban J connectivity index is 1.61. The summed E-state index contributed by atoms with van der Waals surface area (Å²) in [6, 6.07) is 11.8. The van der Waals surface area contributed by atoms with E-state index in [2.05, 4.69) is 40.7 Å². The van der Waals surface area contributed by atoms with E-state index in [1.54, 1.807) is 42.5 Å². The third kappa shape index (κ3) is 4.38. The number of hydrogen-bond donors (Lipinski definition) is 4. The van der Waals surface area contributed by atoms with Gasteiger partial charge in [0.2, 0.25) is 16.0 Å². The smallest absolute Gasteiger partial charge is 0.229 e. The van der Waals surface area contributed by atoms with Crippen LogP contribution in [0.4, 0.5) is 33.2 Å². The van der Waals surface area contributed by atoms with Crippen LogP contribution in [0.25, 0.3) is 11.0 Å². The highest BCUT2D eigenvalue weighted by Crippen LogP contribution is 2.27. The van der Waals surface area contributed by atoms with Crippen LogP contribution >= 0.6 is 0 Å². The number of aromatic amines is 1. The minimum absolute atomic E-state index is 0.116. The van der Waals surface area contributed by atoms with E-state index in [-0.39, 0.29) is 17.5 Å². The summed E-state index contributed by atoms with van der Waals surface area (Å²) in [5.41, 5.74) is 2.68. The fourth-order valence-corrected chi connectivity index (χ4v) is 3.15. The molecule has 4 aromatic rings. The first-order valence-corrected chi connectivity index (χ1v) is 10.2. The number of sulfonamides is 1. The van der Waals surface area contributed by atoms with Gasteiger partial charge in [0.1, 0.15) is 5.52 Å². The Labute approximate surface area is 164 Å². The first-order chi connectivity index (χ1) is 13.9. The molecule has 2 aromatic heterocycles. The first-order valence-electron chi connectivity index (χ1n) is 8.31. The number of rotatable bonds is 6. The van der Waals surface area contributed by atoms with Crippen molar-refractivity contribution in [1.29, 1.82) is 0 Å². The van der Waals surface area contributed by atoms with E-state index in [1.165, 1.54) is 0 Å². The maximum atomic E-state index is 14.3. The van der Waals surface area contributed by atoms with Gasteiger partial charge in [0.15, 0.2) is 11.6 Å². The Morgan fingerprint density at radius 3 is 2.66 bits per heavy atom. The second-order valence-electron chi connectivity index (χ2n) is 6.10. The fourth-order valence-electron chi connectivity index (χ4n) is 2.58. The predicted octanol–water partition coefficient (Wildman–Crippen LogP) is 2.75. The number of para-hydroxylation sites is 2. The lowest BCUT2D eigenvalue weighted by atomic mass is 10.2. The van der Waals surface area contributed by atoms with Crippen LogP contribution in [0.3, 0.4) is 0 Å². The minimum Gasteiger partial charge on any atom is -0.336 e. The summed E-state index contributed by atoms with van der Waals surface area (Å²) in [6.45, 7) is 0. The summed E-state index contributed by atoms with van der Waals surface area (Å²) in [4.78, 5) is 8.08. The first kappa shape index (κ1) is 18.6. The normalized spacial score (nSPS) is 11.4. The number of anilines is 5. The van der Waals surface area contributed by atoms with Gasteiger partial charge in [-0.05, 0) is 30.3 Å². The standard InChI is InChI=1S/C17H15FN8O2S/c1-29(27,28)25-14-5-3-2-4-12(14)21-16-11(18)9-19-17(22-16)20-10-6-7-13-15(8-10)24-26-23-13/h2-9,25H,1H3,(H,23,24,26)(H2,19,20,21,22). The van der Waals surface area contributed by atoms with Gasteiger partial charge in [0.25, 0.3) is 0 Å². The molecule has 10 nitrogen and oxygen atoms in total. The molecule has 0 spiro atoms. The van der Waals surface area contributed by atoms with Crippen LogP contribution in [0.2, 0.25) is 0 Å². The molecule has 0 saturated heterocycles. The van der Waals surface area contributed by atoms with Crippen molar-refractivity contribution < 1.29 is 12.8 Å². The summed E-state index contributed by atoms with van der Waals surface area (Å²) >= 11 is 0. The molecule has 4 rings (SSSR count). The largest absolute Gasteiger partial charge is 0.336 e. The maximum Gasteiger partial charge on any atom is 0.229 e. The van der Waals surface area contributed by atoms with E-state index in [9.17, 15) is 12.8 Å². The molecule has 0 bridgehead atoms. The summed E-state index contributed by atoms with van der Waals surface area (Å²) < 4.78 is 39.7. The molecule has 2 aromatic carbocycles. The summed E-state index contributed by atoms with van der Waals surface area (Å²) in [7, 11) is -3.51. The molecule has 0 aliphatic heterocycles. The molecular weight excluding hydrogens is 399 g/mol. The van der Waals surface area contributed by atoms with Crippen molar-refractivity contribution in [1.82, 2.24) is 25.4 Å². The van der Waals surface area contributed by atoms with Crippen molar-refractivity contribution in [2.24, 2.45) is 0 Å². The van der Waals surface area contributed by atoms with E-state index >= 15 is 0 Å². The van der Waals surface area contributed by atoms with Gasteiger partial charge in [-0.25, -0.2) is 17.8 Å². The summed E-state index contributed by atoms with van der Waals surface area (Å²) in [5, 5.41) is 16.1. The van der Waals surface area contributed by atoms with Gasteiger partial charge in [-0.15, -0.1) is 5.10 Å². The Bertz CT molecular complexity index is 1290. The average Bonchev–Trinajstić information content (AvgIpc) is 3.13. The molecule has 4 N–H and O–H groups in total. The van der Waals surface area contributed by atoms with Crippen molar-refractivity contribution in [3.05, 3.63) is 54.5 Å². The number of nitrogens with zero attached hydrogens (tertiary/aromatic N) is 4. The van der Waals surface area contributed by atoms with Crippen LogP contribution in [0.15, 0.2) is 48.7 Å². The zero-order chi connectivity index (χ0) is 20.4. The molecule has 0 fully saturated rings. The van der Waals surface area contributed by atoms with Crippen molar-refractivity contribution in [2.75, 3.05) is 21.6 Å². The van der Waals surface area contributed by atoms with E-state index < -0.39 is 15.8 Å². The molecular formula is C17H15FN8O2S. The van der Waals surface area contributed by atoms with Gasteiger partial charge in [-0.3, -0.25) is 9.82 Å². The van der Waals surface area contributed by atoms with Gasteiger partial charge < -0.3 is 10.6 Å². The molecule has 0 unspecified atom stereocenters. The number of H-pyrrole nitrogens is 1. The number of halogens is 1. The number of fused-ring (bicyclic) bond motifs is 1. The van der Waals surface area contributed by atoms with Crippen molar-refractivity contribution in [3.63, 3.8) is 0 Å². The summed E-state index contributed by atoms with van der Waals surface area (Å²) in [5.74, 6) is -0.665. The number of nitrogens with one attached hydrogen (secondary N) is 4. The van der Waals surface area contributed by atoms with Gasteiger partial charge >= 0.3 is 0 Å². The SMILES string of the molecule is CS(=O)(=O)Nc1ccccc1Nc1nc(Nc2ccc3nn[nH]c3c2)ncc1F. The van der Waals surface area contributed by atoms with Crippen LogP contribution in [-0.4, -0.2) is 40.1 Å². The highest BCUT2D eigenvalue weighted by molar-refractivity contribution is 7.92. The molecule has 0 atom stereocenters. The topological polar surface area (TPSA) is 138 Å². The second kappa shape index (κ2) is 7.31. The molecule has 148 valence electrons. The third-order valence-corrected chi connectivity index (χ3v) is 4.39. The zero-order valence-electron chi connectivity index (χ0n) is 15.0. The Morgan fingerprint density at radius 2 is 1.86 bits per heavy atom. The van der Waals surface area contributed by atoms with Crippen LogP contribution in [0, 0.1) is 5.82 Å². The molecule has 2 heterocycles. The van der Waals surface area contributed by atoms with E-state index in [0.717, 1.165) is 18.0 Å². The fraction of sp³-hybridized carbons (Fsp3) is 0.0588. The number of aromatic nitrogens is 5. The monoisotopic (exact) mass is 414 g/mol. The van der Waals surface area contributed by atoms with Crippen LogP contribution in [0.1, 0.15) is 0 Å². The molecule has 0 aliphatic rings. The van der Waals surface area contributed by atoms with Crippen molar-refractivity contribution in [3.8, 4) is 0 Å². The maximum absolute atomic E-state index is 14.3. The Morgan fingerprint density at radius 1 is 1.07 bits per heavy atom. The molecule has 0 radical (unpaired) electrons. The number of hydrogen-bond acceptors (Lipinski definition) is 8. The lowest BCUT2D eigenvalue weighted by Gasteiger charge is -2.13. The van der Waals surface area contributed by atoms with E-state index in [0.29, 0.717) is 16.9 Å². The molecule has 0 aliphatic carbocycles. The lowest BCUT2D eigenvalue weighted by Crippen LogP contribution is -2.11. The highest BCUT2D eigenvalue weighted by atomic mass is 32.2. The zero-order valence-corrected chi connectivity index (χ0v) is 15.8. The van der Waals surface area contributed by atoms with Crippen LogP contribution < -0.4 is 15.4 Å². The average molecular weight is 414 g/mol. The summed E-state index contributed by atoms with van der Waals surface area (Å²) in [6.07, 6.45) is 2.05. The minimum atomic E-state index is -3.51. The van der Waals surface area contributed by atoms with Gasteiger partial charge in [0.05, 0.1) is 29.3 Å². The molecule has 0 saturated carbocycles. The van der Waals surface area contributed by atoms with Gasteiger partial charge in [0, 0.05) is 5.69 Å². The highest BCUT2D eigenvalue weighted by Gasteiger charge is 2.12. The molecule has 12 heteroatoms. The van der Waals surface area contributed by atoms with Crippen LogP contribution in [0.5, 0.6) is 0 Å². The quantitative estimate of drug-likeness (QED) is 0.378. The number of benzene rings is 2. The van der Waals surface area contributed by atoms with Gasteiger partial charge in [-0.2, -0.15) is 4.98 Å². The van der Waals surface area contributed by atoms with E-state index in [4.69, 9.17) is 0 Å². The second-order valence-corrected chi connectivity index (χ2v) is 7.85. The van der Waals surface area contributed by atoms with Gasteiger partial charge in [-0.1, -0.05) is 17.3 Å². The van der Waals surface area contributed by atoms with Crippen molar-refractivity contribution in [2.45, 2.75) is 0 Å². The molecule has 29 heavy (non-hydrogen) atoms. The van der Waals surface area contributed by atoms with Crippen molar-refractivity contribution >= 4 is 49.9 Å². The third-order valence-electron chi connectivity index (χ3n) is 3.80. The predicted molar refractivity (Wildman–Crippen MR) is 107 cm³/mol. The Kier molecular flexibility index (Phi) is 4.68. The Hall–Kier alpha value is -3.80.